The third kappa shape index (κ3) is 4.86. The average molecular weight is 425 g/mol. The van der Waals surface area contributed by atoms with Gasteiger partial charge < -0.3 is 0 Å². The number of nitro benzene ring substituents is 1. The highest BCUT2D eigenvalue weighted by Gasteiger charge is 2.25. The van der Waals surface area contributed by atoms with E-state index >= 15 is 0 Å². The fraction of sp³-hybridized carbons (Fsp3) is 0.278. The molecule has 0 spiro atoms. The van der Waals surface area contributed by atoms with Gasteiger partial charge in [0.05, 0.1) is 15.5 Å². The van der Waals surface area contributed by atoms with Crippen molar-refractivity contribution in [2.45, 2.75) is 25.7 Å². The van der Waals surface area contributed by atoms with Crippen LogP contribution in [0.1, 0.15) is 26.3 Å². The molecule has 0 atom stereocenters. The van der Waals surface area contributed by atoms with Crippen LogP contribution in [0.25, 0.3) is 0 Å². The third-order valence-corrected chi connectivity index (χ3v) is 6.38. The maximum atomic E-state index is 12.6. The minimum Gasteiger partial charge on any atom is -0.271 e. The Bertz CT molecular complexity index is 1000. The second kappa shape index (κ2) is 9.13. The maximum absolute atomic E-state index is 12.6. The summed E-state index contributed by atoms with van der Waals surface area (Å²) in [5, 5.41) is 16.2. The van der Waals surface area contributed by atoms with Crippen molar-refractivity contribution in [2.75, 3.05) is 18.5 Å². The van der Waals surface area contributed by atoms with Crippen molar-refractivity contribution in [3.05, 3.63) is 63.2 Å². The predicted octanol–water partition coefficient (Wildman–Crippen LogP) is 4.11. The van der Waals surface area contributed by atoms with E-state index in [0.29, 0.717) is 10.7 Å². The molecular formula is C18H21ClN4O4S. The molecule has 0 aliphatic rings. The van der Waals surface area contributed by atoms with Gasteiger partial charge in [-0.1, -0.05) is 37.6 Å². The first-order valence-corrected chi connectivity index (χ1v) is 10.4. The van der Waals surface area contributed by atoms with E-state index in [1.807, 2.05) is 0 Å². The summed E-state index contributed by atoms with van der Waals surface area (Å²) in [5.41, 5.74) is 3.67. The molecular weight excluding hydrogens is 404 g/mol. The number of nitro groups is 1. The smallest absolute Gasteiger partial charge is 0.271 e. The predicted molar refractivity (Wildman–Crippen MR) is 110 cm³/mol. The van der Waals surface area contributed by atoms with Gasteiger partial charge in [-0.3, -0.25) is 15.5 Å². The Hall–Kier alpha value is -2.49. The molecule has 0 saturated carbocycles. The molecule has 1 N–H and O–H groups in total. The summed E-state index contributed by atoms with van der Waals surface area (Å²) < 4.78 is 26.4. The highest BCUT2D eigenvalue weighted by atomic mass is 35.5. The highest BCUT2D eigenvalue weighted by Crippen LogP contribution is 2.29. The lowest BCUT2D eigenvalue weighted by molar-refractivity contribution is -0.384. The number of hydrazone groups is 1. The van der Waals surface area contributed by atoms with Gasteiger partial charge in [0.15, 0.2) is 0 Å². The molecule has 0 heterocycles. The van der Waals surface area contributed by atoms with Gasteiger partial charge in [0.25, 0.3) is 5.69 Å². The molecule has 0 saturated heterocycles. The summed E-state index contributed by atoms with van der Waals surface area (Å²) in [6, 6.07) is 10.7. The number of nitrogens with zero attached hydrogens (tertiary/aromatic N) is 3. The summed E-state index contributed by atoms with van der Waals surface area (Å²) in [4.78, 5) is 10.7. The topological polar surface area (TPSA) is 105 Å². The van der Waals surface area contributed by atoms with Crippen molar-refractivity contribution in [3.8, 4) is 0 Å². The van der Waals surface area contributed by atoms with Gasteiger partial charge in [0.1, 0.15) is 5.69 Å². The molecule has 150 valence electrons. The summed E-state index contributed by atoms with van der Waals surface area (Å²) in [5.74, 6) is 0. The summed E-state index contributed by atoms with van der Waals surface area (Å²) in [7, 11) is -3.80. The van der Waals surface area contributed by atoms with E-state index < -0.39 is 14.9 Å². The molecule has 0 aliphatic heterocycles. The van der Waals surface area contributed by atoms with Crippen molar-refractivity contribution in [3.63, 3.8) is 0 Å². The summed E-state index contributed by atoms with van der Waals surface area (Å²) in [6.45, 7) is 5.69. The molecule has 0 fully saturated rings. The molecule has 0 aliphatic carbocycles. The molecule has 8 nitrogen and oxygen atoms in total. The molecule has 2 aromatic carbocycles. The van der Waals surface area contributed by atoms with Gasteiger partial charge in [-0.25, -0.2) is 8.42 Å². The summed E-state index contributed by atoms with van der Waals surface area (Å²) >= 11 is 5.96. The Morgan fingerprint density at radius 2 is 1.89 bits per heavy atom. The van der Waals surface area contributed by atoms with Gasteiger partial charge in [-0.05, 0) is 36.8 Å². The Morgan fingerprint density at radius 3 is 2.46 bits per heavy atom. The van der Waals surface area contributed by atoms with Crippen LogP contribution in [0.3, 0.4) is 0 Å². The van der Waals surface area contributed by atoms with Crippen LogP contribution in [-0.4, -0.2) is 36.4 Å². The minimum absolute atomic E-state index is 0.0878. The number of hydrogen-bond acceptors (Lipinski definition) is 6. The first-order valence-electron chi connectivity index (χ1n) is 8.55. The van der Waals surface area contributed by atoms with Gasteiger partial charge in [0, 0.05) is 24.2 Å². The first kappa shape index (κ1) is 21.8. The number of halogens is 1. The average Bonchev–Trinajstić information content (AvgIpc) is 2.66. The van der Waals surface area contributed by atoms with Gasteiger partial charge in [-0.15, -0.1) is 0 Å². The summed E-state index contributed by atoms with van der Waals surface area (Å²) in [6.07, 6.45) is 0. The zero-order valence-corrected chi connectivity index (χ0v) is 17.3. The van der Waals surface area contributed by atoms with Crippen molar-refractivity contribution >= 4 is 38.7 Å². The Balaban J connectivity index is 2.38. The van der Waals surface area contributed by atoms with Crippen LogP contribution in [0.15, 0.2) is 52.5 Å². The van der Waals surface area contributed by atoms with Crippen molar-refractivity contribution in [1.29, 1.82) is 0 Å². The van der Waals surface area contributed by atoms with E-state index in [1.54, 1.807) is 45.0 Å². The zero-order valence-electron chi connectivity index (χ0n) is 15.7. The monoisotopic (exact) mass is 424 g/mol. The van der Waals surface area contributed by atoms with Crippen LogP contribution < -0.4 is 5.43 Å². The van der Waals surface area contributed by atoms with Gasteiger partial charge >= 0.3 is 0 Å². The van der Waals surface area contributed by atoms with Crippen molar-refractivity contribution in [1.82, 2.24) is 4.31 Å². The van der Waals surface area contributed by atoms with E-state index in [4.69, 9.17) is 11.6 Å². The third-order valence-electron chi connectivity index (χ3n) is 4.10. The second-order valence-corrected chi connectivity index (χ2v) is 8.22. The lowest BCUT2D eigenvalue weighted by atomic mass is 10.1. The lowest BCUT2D eigenvalue weighted by Crippen LogP contribution is -2.30. The SMILES string of the molecule is CCN(CC)S(=O)(=O)c1ccc(NN=C(C)c2cccc(Cl)c2)c([N+](=O)[O-])c1. The van der Waals surface area contributed by atoms with Crippen LogP contribution in [-0.2, 0) is 10.0 Å². The molecule has 0 radical (unpaired) electrons. The van der Waals surface area contributed by atoms with Gasteiger partial charge in [0.2, 0.25) is 10.0 Å². The quantitative estimate of drug-likeness (QED) is 0.390. The van der Waals surface area contributed by atoms with Crippen molar-refractivity contribution in [2.24, 2.45) is 5.10 Å². The second-order valence-electron chi connectivity index (χ2n) is 5.84. The lowest BCUT2D eigenvalue weighted by Gasteiger charge is -2.18. The fourth-order valence-corrected chi connectivity index (χ4v) is 4.22. The molecule has 2 rings (SSSR count). The number of benzene rings is 2. The number of nitrogens with one attached hydrogen (secondary N) is 1. The first-order chi connectivity index (χ1) is 13.2. The number of anilines is 1. The Kier molecular flexibility index (Phi) is 7.11. The fourth-order valence-electron chi connectivity index (χ4n) is 2.55. The molecule has 0 aromatic heterocycles. The van der Waals surface area contributed by atoms with Crippen LogP contribution in [0.5, 0.6) is 0 Å². The van der Waals surface area contributed by atoms with E-state index in [9.17, 15) is 18.5 Å². The highest BCUT2D eigenvalue weighted by molar-refractivity contribution is 7.89. The maximum Gasteiger partial charge on any atom is 0.295 e. The van der Waals surface area contributed by atoms with Crippen LogP contribution in [0, 0.1) is 10.1 Å². The Morgan fingerprint density at radius 1 is 1.21 bits per heavy atom. The van der Waals surface area contributed by atoms with E-state index in [0.717, 1.165) is 11.6 Å². The number of hydrogen-bond donors (Lipinski definition) is 1. The van der Waals surface area contributed by atoms with Crippen LogP contribution >= 0.6 is 11.6 Å². The van der Waals surface area contributed by atoms with E-state index in [1.165, 1.54) is 16.4 Å². The molecule has 0 amide bonds. The number of sulfonamides is 1. The van der Waals surface area contributed by atoms with Gasteiger partial charge in [-0.2, -0.15) is 9.41 Å². The largest absolute Gasteiger partial charge is 0.295 e. The van der Waals surface area contributed by atoms with Crippen LogP contribution in [0.4, 0.5) is 11.4 Å². The zero-order chi connectivity index (χ0) is 20.9. The standard InChI is InChI=1S/C18H21ClN4O4S/c1-4-22(5-2)28(26,27)16-9-10-17(18(12-16)23(24)25)21-20-13(3)14-7-6-8-15(19)11-14/h6-12,21H,4-5H2,1-3H3. The molecule has 2 aromatic rings. The number of rotatable bonds is 8. The minimum atomic E-state index is -3.80. The molecule has 0 bridgehead atoms. The normalized spacial score (nSPS) is 12.2. The molecule has 28 heavy (non-hydrogen) atoms. The molecule has 10 heteroatoms. The van der Waals surface area contributed by atoms with E-state index in [-0.39, 0.29) is 29.4 Å². The van der Waals surface area contributed by atoms with E-state index in [2.05, 4.69) is 10.5 Å². The van der Waals surface area contributed by atoms with Crippen molar-refractivity contribution < 1.29 is 13.3 Å². The molecule has 0 unspecified atom stereocenters. The van der Waals surface area contributed by atoms with Crippen LogP contribution in [0.2, 0.25) is 5.02 Å². The Labute approximate surface area is 169 Å².